The summed E-state index contributed by atoms with van der Waals surface area (Å²) in [5.74, 6) is -0.753. The zero-order valence-corrected chi connectivity index (χ0v) is 8.01. The summed E-state index contributed by atoms with van der Waals surface area (Å²) in [6, 6.07) is 5.64. The number of ketones is 1. The standard InChI is InChI=1S/C10H7ClFNO/c11-8-6-7(3-4-9(8)12)10(14)2-1-5-13/h3-4,6H,1-2H2. The number of nitrogens with zero attached hydrogens (tertiary/aromatic N) is 1. The molecular weight excluding hydrogens is 205 g/mol. The van der Waals surface area contributed by atoms with Crippen LogP contribution < -0.4 is 0 Å². The fourth-order valence-electron chi connectivity index (χ4n) is 0.983. The molecule has 1 aromatic carbocycles. The molecule has 0 radical (unpaired) electrons. The number of hydrogen-bond donors (Lipinski definition) is 0. The summed E-state index contributed by atoms with van der Waals surface area (Å²) in [4.78, 5) is 11.3. The van der Waals surface area contributed by atoms with Gasteiger partial charge in [-0.3, -0.25) is 4.79 Å². The van der Waals surface area contributed by atoms with E-state index in [9.17, 15) is 9.18 Å². The molecule has 0 N–H and O–H groups in total. The van der Waals surface area contributed by atoms with Crippen LogP contribution in [0.5, 0.6) is 0 Å². The Morgan fingerprint density at radius 1 is 1.57 bits per heavy atom. The van der Waals surface area contributed by atoms with Gasteiger partial charge in [0.05, 0.1) is 11.1 Å². The quantitative estimate of drug-likeness (QED) is 0.722. The van der Waals surface area contributed by atoms with Gasteiger partial charge < -0.3 is 0 Å². The van der Waals surface area contributed by atoms with Crippen LogP contribution in [0.4, 0.5) is 4.39 Å². The second kappa shape index (κ2) is 4.73. The highest BCUT2D eigenvalue weighted by atomic mass is 35.5. The maximum atomic E-state index is 12.7. The molecule has 2 nitrogen and oxygen atoms in total. The third kappa shape index (κ3) is 2.54. The van der Waals surface area contributed by atoms with E-state index >= 15 is 0 Å². The molecule has 0 heterocycles. The SMILES string of the molecule is N#CCCC(=O)c1ccc(F)c(Cl)c1. The molecule has 0 saturated carbocycles. The predicted octanol–water partition coefficient (Wildman–Crippen LogP) is 2.97. The lowest BCUT2D eigenvalue weighted by molar-refractivity contribution is 0.0984. The number of nitriles is 1. The van der Waals surface area contributed by atoms with E-state index < -0.39 is 5.82 Å². The van der Waals surface area contributed by atoms with E-state index in [1.165, 1.54) is 12.1 Å². The summed E-state index contributed by atoms with van der Waals surface area (Å²) in [6.45, 7) is 0. The Morgan fingerprint density at radius 3 is 2.86 bits per heavy atom. The summed E-state index contributed by atoms with van der Waals surface area (Å²) in [5, 5.41) is 8.20. The van der Waals surface area contributed by atoms with Crippen LogP contribution in [-0.2, 0) is 0 Å². The molecule has 0 spiro atoms. The third-order valence-corrected chi connectivity index (χ3v) is 2.00. The average Bonchev–Trinajstić information content (AvgIpc) is 2.18. The minimum atomic E-state index is -0.552. The molecule has 0 amide bonds. The Kier molecular flexibility index (Phi) is 3.61. The topological polar surface area (TPSA) is 40.9 Å². The van der Waals surface area contributed by atoms with Gasteiger partial charge in [0, 0.05) is 18.4 Å². The van der Waals surface area contributed by atoms with Crippen LogP contribution >= 0.6 is 11.6 Å². The molecule has 0 atom stereocenters. The fraction of sp³-hybridized carbons (Fsp3) is 0.200. The van der Waals surface area contributed by atoms with Crippen LogP contribution in [0.25, 0.3) is 0 Å². The molecule has 0 fully saturated rings. The van der Waals surface area contributed by atoms with E-state index in [2.05, 4.69) is 0 Å². The molecule has 0 aliphatic heterocycles. The van der Waals surface area contributed by atoms with Crippen molar-refractivity contribution in [3.05, 3.63) is 34.6 Å². The number of hydrogen-bond acceptors (Lipinski definition) is 2. The maximum Gasteiger partial charge on any atom is 0.163 e. The van der Waals surface area contributed by atoms with E-state index in [1.54, 1.807) is 0 Å². The Morgan fingerprint density at radius 2 is 2.29 bits per heavy atom. The van der Waals surface area contributed by atoms with E-state index in [0.29, 0.717) is 5.56 Å². The van der Waals surface area contributed by atoms with E-state index in [4.69, 9.17) is 16.9 Å². The summed E-state index contributed by atoms with van der Waals surface area (Å²) in [7, 11) is 0. The average molecular weight is 212 g/mol. The van der Waals surface area contributed by atoms with Crippen LogP contribution in [0.1, 0.15) is 23.2 Å². The monoisotopic (exact) mass is 211 g/mol. The number of benzene rings is 1. The Bertz CT molecular complexity index is 398. The lowest BCUT2D eigenvalue weighted by atomic mass is 10.1. The highest BCUT2D eigenvalue weighted by molar-refractivity contribution is 6.31. The Hall–Kier alpha value is -1.40. The van der Waals surface area contributed by atoms with Crippen molar-refractivity contribution in [1.29, 1.82) is 5.26 Å². The lowest BCUT2D eigenvalue weighted by Crippen LogP contribution is -1.98. The van der Waals surface area contributed by atoms with Crippen molar-refractivity contribution in [3.63, 3.8) is 0 Å². The highest BCUT2D eigenvalue weighted by Crippen LogP contribution is 2.17. The van der Waals surface area contributed by atoms with E-state index in [-0.39, 0.29) is 23.6 Å². The Balaban J connectivity index is 2.82. The zero-order chi connectivity index (χ0) is 10.6. The molecule has 0 aromatic heterocycles. The van der Waals surface area contributed by atoms with Gasteiger partial charge in [0.25, 0.3) is 0 Å². The number of carbonyl (C=O) groups excluding carboxylic acids is 1. The van der Waals surface area contributed by atoms with Gasteiger partial charge in [-0.25, -0.2) is 4.39 Å². The largest absolute Gasteiger partial charge is 0.294 e. The first-order valence-corrected chi connectivity index (χ1v) is 4.38. The van der Waals surface area contributed by atoms with Crippen molar-refractivity contribution in [3.8, 4) is 6.07 Å². The number of halogens is 2. The van der Waals surface area contributed by atoms with Gasteiger partial charge in [-0.1, -0.05) is 11.6 Å². The van der Waals surface area contributed by atoms with Crippen LogP contribution in [0, 0.1) is 17.1 Å². The normalized spacial score (nSPS) is 9.50. The van der Waals surface area contributed by atoms with Gasteiger partial charge in [-0.05, 0) is 18.2 Å². The second-order valence-corrected chi connectivity index (χ2v) is 3.12. The van der Waals surface area contributed by atoms with Crippen molar-refractivity contribution in [2.75, 3.05) is 0 Å². The molecule has 1 rings (SSSR count). The molecule has 0 aliphatic carbocycles. The summed E-state index contributed by atoms with van der Waals surface area (Å²) in [6.07, 6.45) is 0.298. The van der Waals surface area contributed by atoms with Gasteiger partial charge in [-0.15, -0.1) is 0 Å². The van der Waals surface area contributed by atoms with Crippen molar-refractivity contribution in [1.82, 2.24) is 0 Å². The molecule has 14 heavy (non-hydrogen) atoms. The van der Waals surface area contributed by atoms with Gasteiger partial charge in [0.15, 0.2) is 5.78 Å². The number of carbonyl (C=O) groups is 1. The molecule has 0 saturated heterocycles. The molecule has 0 aliphatic rings. The van der Waals surface area contributed by atoms with Gasteiger partial charge in [0.2, 0.25) is 0 Å². The van der Waals surface area contributed by atoms with Crippen molar-refractivity contribution < 1.29 is 9.18 Å². The molecular formula is C10H7ClFNO. The van der Waals surface area contributed by atoms with Crippen LogP contribution in [-0.4, -0.2) is 5.78 Å². The van der Waals surface area contributed by atoms with Crippen LogP contribution in [0.15, 0.2) is 18.2 Å². The lowest BCUT2D eigenvalue weighted by Gasteiger charge is -1.99. The first-order chi connectivity index (χ1) is 6.65. The minimum absolute atomic E-state index is 0.0761. The number of Topliss-reactive ketones (excluding diaryl/α,β-unsaturated/α-hetero) is 1. The van der Waals surface area contributed by atoms with Crippen molar-refractivity contribution >= 4 is 17.4 Å². The summed E-state index contributed by atoms with van der Waals surface area (Å²) < 4.78 is 12.7. The van der Waals surface area contributed by atoms with E-state index in [1.807, 2.05) is 6.07 Å². The van der Waals surface area contributed by atoms with Gasteiger partial charge in [0.1, 0.15) is 5.82 Å². The first kappa shape index (κ1) is 10.7. The highest BCUT2D eigenvalue weighted by Gasteiger charge is 2.07. The fourth-order valence-corrected chi connectivity index (χ4v) is 1.16. The van der Waals surface area contributed by atoms with Gasteiger partial charge in [-0.2, -0.15) is 5.26 Å². The second-order valence-electron chi connectivity index (χ2n) is 2.71. The Labute approximate surface area is 85.9 Å². The van der Waals surface area contributed by atoms with Crippen molar-refractivity contribution in [2.24, 2.45) is 0 Å². The zero-order valence-electron chi connectivity index (χ0n) is 7.26. The van der Waals surface area contributed by atoms with Crippen LogP contribution in [0.2, 0.25) is 5.02 Å². The maximum absolute atomic E-state index is 12.7. The molecule has 4 heteroatoms. The molecule has 0 unspecified atom stereocenters. The predicted molar refractivity (Wildman–Crippen MR) is 50.6 cm³/mol. The minimum Gasteiger partial charge on any atom is -0.294 e. The van der Waals surface area contributed by atoms with Crippen LogP contribution in [0.3, 0.4) is 0 Å². The summed E-state index contributed by atoms with van der Waals surface area (Å²) >= 11 is 5.50. The first-order valence-electron chi connectivity index (χ1n) is 4.00. The molecule has 0 bridgehead atoms. The third-order valence-electron chi connectivity index (χ3n) is 1.71. The van der Waals surface area contributed by atoms with E-state index in [0.717, 1.165) is 6.07 Å². The van der Waals surface area contributed by atoms with Gasteiger partial charge >= 0.3 is 0 Å². The van der Waals surface area contributed by atoms with Crippen molar-refractivity contribution in [2.45, 2.75) is 12.8 Å². The molecule has 72 valence electrons. The molecule has 1 aromatic rings. The number of rotatable bonds is 3. The smallest absolute Gasteiger partial charge is 0.163 e. The summed E-state index contributed by atoms with van der Waals surface area (Å²) in [5.41, 5.74) is 0.339.